The van der Waals surface area contributed by atoms with Crippen LogP contribution in [0.4, 0.5) is 22.7 Å². The number of benzene rings is 2. The normalized spacial score (nSPS) is 17.4. The van der Waals surface area contributed by atoms with Gasteiger partial charge < -0.3 is 20.9 Å². The molecule has 2 aliphatic rings. The minimum absolute atomic E-state index is 0.0693. The Morgan fingerprint density at radius 2 is 1.89 bits per heavy atom. The Kier molecular flexibility index (Phi) is 4.94. The molecule has 4 rings (SSSR count). The van der Waals surface area contributed by atoms with E-state index in [1.165, 1.54) is 0 Å². The van der Waals surface area contributed by atoms with E-state index >= 15 is 0 Å². The summed E-state index contributed by atoms with van der Waals surface area (Å²) in [6.07, 6.45) is 3.39. The van der Waals surface area contributed by atoms with Crippen molar-refractivity contribution in [3.8, 4) is 0 Å². The smallest absolute Gasteiger partial charge is 0.246 e. The van der Waals surface area contributed by atoms with Crippen LogP contribution in [0.3, 0.4) is 0 Å². The molecule has 6 nitrogen and oxygen atoms in total. The van der Waals surface area contributed by atoms with Gasteiger partial charge >= 0.3 is 0 Å². The van der Waals surface area contributed by atoms with Gasteiger partial charge in [-0.15, -0.1) is 0 Å². The predicted octanol–water partition coefficient (Wildman–Crippen LogP) is 3.18. The molecule has 0 spiro atoms. The largest absolute Gasteiger partial charge is 0.398 e. The molecule has 1 unspecified atom stereocenters. The van der Waals surface area contributed by atoms with Gasteiger partial charge in [0.05, 0.1) is 0 Å². The fourth-order valence-corrected chi connectivity index (χ4v) is 4.14. The molecule has 2 heterocycles. The van der Waals surface area contributed by atoms with Gasteiger partial charge in [0.1, 0.15) is 6.04 Å². The van der Waals surface area contributed by atoms with E-state index < -0.39 is 0 Å². The zero-order valence-electron chi connectivity index (χ0n) is 16.1. The summed E-state index contributed by atoms with van der Waals surface area (Å²) in [4.78, 5) is 28.8. The molecule has 0 aliphatic carbocycles. The van der Waals surface area contributed by atoms with Crippen LogP contribution < -0.4 is 20.9 Å². The van der Waals surface area contributed by atoms with Crippen molar-refractivity contribution in [2.45, 2.75) is 38.6 Å². The van der Waals surface area contributed by atoms with Crippen LogP contribution in [-0.2, 0) is 16.0 Å². The number of rotatable bonds is 4. The molecule has 2 amide bonds. The van der Waals surface area contributed by atoms with Crippen LogP contribution in [0.5, 0.6) is 0 Å². The zero-order valence-corrected chi connectivity index (χ0v) is 16.1. The summed E-state index contributed by atoms with van der Waals surface area (Å²) >= 11 is 0. The Balaban J connectivity index is 1.50. The molecular weight excluding hydrogens is 352 g/mol. The van der Waals surface area contributed by atoms with Crippen LogP contribution in [-0.4, -0.2) is 30.9 Å². The molecule has 1 atom stereocenters. The standard InChI is InChI=1S/C22H26N4O2/c1-15(25-12-4-8-18-19(23)9-3-10-20(18)25)22(28)24-16-6-2-7-17(14-16)26-13-5-11-21(26)27/h2-3,6-7,9-10,14-15H,4-5,8,11-13,23H2,1H3,(H,24,28). The minimum atomic E-state index is -0.321. The summed E-state index contributed by atoms with van der Waals surface area (Å²) in [7, 11) is 0. The van der Waals surface area contributed by atoms with E-state index in [2.05, 4.69) is 10.2 Å². The SMILES string of the molecule is CC(C(=O)Nc1cccc(N2CCCC2=O)c1)N1CCCc2c(N)cccc21. The molecular formula is C22H26N4O2. The minimum Gasteiger partial charge on any atom is -0.398 e. The Morgan fingerprint density at radius 3 is 2.68 bits per heavy atom. The monoisotopic (exact) mass is 378 g/mol. The third-order valence-electron chi connectivity index (χ3n) is 5.67. The second-order valence-corrected chi connectivity index (χ2v) is 7.51. The summed E-state index contributed by atoms with van der Waals surface area (Å²) in [6.45, 7) is 3.48. The van der Waals surface area contributed by atoms with E-state index in [9.17, 15) is 9.59 Å². The number of nitrogen functional groups attached to an aromatic ring is 1. The van der Waals surface area contributed by atoms with E-state index in [1.807, 2.05) is 49.4 Å². The number of carbonyl (C=O) groups is 2. The Labute approximate surface area is 165 Å². The number of carbonyl (C=O) groups excluding carboxylic acids is 2. The van der Waals surface area contributed by atoms with Gasteiger partial charge in [0.15, 0.2) is 0 Å². The number of fused-ring (bicyclic) bond motifs is 1. The molecule has 0 saturated carbocycles. The first-order valence-corrected chi connectivity index (χ1v) is 9.90. The van der Waals surface area contributed by atoms with E-state index in [-0.39, 0.29) is 17.9 Å². The molecule has 1 fully saturated rings. The van der Waals surface area contributed by atoms with Gasteiger partial charge in [0, 0.05) is 42.3 Å². The van der Waals surface area contributed by atoms with E-state index in [4.69, 9.17) is 5.73 Å². The highest BCUT2D eigenvalue weighted by molar-refractivity contribution is 5.99. The highest BCUT2D eigenvalue weighted by Crippen LogP contribution is 2.33. The lowest BCUT2D eigenvalue weighted by Crippen LogP contribution is -2.44. The van der Waals surface area contributed by atoms with Crippen molar-refractivity contribution in [3.63, 3.8) is 0 Å². The van der Waals surface area contributed by atoms with Crippen LogP contribution in [0, 0.1) is 0 Å². The van der Waals surface area contributed by atoms with Gasteiger partial charge in [-0.05, 0) is 62.1 Å². The number of amides is 2. The summed E-state index contributed by atoms with van der Waals surface area (Å²) in [5.41, 5.74) is 10.6. The molecule has 0 aromatic heterocycles. The average Bonchev–Trinajstić information content (AvgIpc) is 3.13. The maximum absolute atomic E-state index is 12.9. The predicted molar refractivity (Wildman–Crippen MR) is 113 cm³/mol. The van der Waals surface area contributed by atoms with Crippen LogP contribution in [0.2, 0.25) is 0 Å². The van der Waals surface area contributed by atoms with Gasteiger partial charge in [-0.25, -0.2) is 0 Å². The first-order chi connectivity index (χ1) is 13.5. The second kappa shape index (κ2) is 7.54. The molecule has 0 bridgehead atoms. The van der Waals surface area contributed by atoms with Crippen LogP contribution in [0.25, 0.3) is 0 Å². The van der Waals surface area contributed by atoms with Gasteiger partial charge in [0.25, 0.3) is 0 Å². The second-order valence-electron chi connectivity index (χ2n) is 7.51. The maximum Gasteiger partial charge on any atom is 0.246 e. The molecule has 2 aromatic carbocycles. The molecule has 0 radical (unpaired) electrons. The van der Waals surface area contributed by atoms with Gasteiger partial charge in [0.2, 0.25) is 11.8 Å². The van der Waals surface area contributed by atoms with Crippen molar-refractivity contribution in [1.29, 1.82) is 0 Å². The Hall–Kier alpha value is -3.02. The molecule has 2 aromatic rings. The summed E-state index contributed by atoms with van der Waals surface area (Å²) < 4.78 is 0. The molecule has 6 heteroatoms. The number of nitrogens with zero attached hydrogens (tertiary/aromatic N) is 2. The van der Waals surface area contributed by atoms with Crippen molar-refractivity contribution < 1.29 is 9.59 Å². The Morgan fingerprint density at radius 1 is 1.11 bits per heavy atom. The number of nitrogens with one attached hydrogen (secondary N) is 1. The fourth-order valence-electron chi connectivity index (χ4n) is 4.14. The number of hydrogen-bond acceptors (Lipinski definition) is 4. The van der Waals surface area contributed by atoms with Gasteiger partial charge in [-0.1, -0.05) is 12.1 Å². The molecule has 2 aliphatic heterocycles. The molecule has 28 heavy (non-hydrogen) atoms. The lowest BCUT2D eigenvalue weighted by atomic mass is 9.98. The fraction of sp³-hybridized carbons (Fsp3) is 0.364. The van der Waals surface area contributed by atoms with E-state index in [1.54, 1.807) is 4.90 Å². The van der Waals surface area contributed by atoms with Gasteiger partial charge in [-0.3, -0.25) is 9.59 Å². The first kappa shape index (κ1) is 18.3. The molecule has 1 saturated heterocycles. The summed E-state index contributed by atoms with van der Waals surface area (Å²) in [5, 5.41) is 3.01. The number of hydrogen-bond donors (Lipinski definition) is 2. The number of nitrogens with two attached hydrogens (primary N) is 1. The van der Waals surface area contributed by atoms with E-state index in [0.29, 0.717) is 12.1 Å². The number of anilines is 4. The lowest BCUT2D eigenvalue weighted by Gasteiger charge is -2.36. The molecule has 3 N–H and O–H groups in total. The highest BCUT2D eigenvalue weighted by Gasteiger charge is 2.27. The van der Waals surface area contributed by atoms with Crippen LogP contribution in [0.15, 0.2) is 42.5 Å². The molecule has 146 valence electrons. The van der Waals surface area contributed by atoms with Crippen molar-refractivity contribution in [3.05, 3.63) is 48.0 Å². The van der Waals surface area contributed by atoms with Crippen molar-refractivity contribution in [2.24, 2.45) is 0 Å². The maximum atomic E-state index is 12.9. The third-order valence-corrected chi connectivity index (χ3v) is 5.67. The van der Waals surface area contributed by atoms with E-state index in [0.717, 1.165) is 55.0 Å². The third kappa shape index (κ3) is 3.42. The lowest BCUT2D eigenvalue weighted by molar-refractivity contribution is -0.117. The van der Waals surface area contributed by atoms with Crippen molar-refractivity contribution in [2.75, 3.05) is 33.9 Å². The first-order valence-electron chi connectivity index (χ1n) is 9.90. The van der Waals surface area contributed by atoms with Crippen LogP contribution >= 0.6 is 0 Å². The van der Waals surface area contributed by atoms with Crippen LogP contribution in [0.1, 0.15) is 31.7 Å². The quantitative estimate of drug-likeness (QED) is 0.801. The zero-order chi connectivity index (χ0) is 19.7. The average molecular weight is 378 g/mol. The van der Waals surface area contributed by atoms with Crippen molar-refractivity contribution >= 4 is 34.6 Å². The topological polar surface area (TPSA) is 78.7 Å². The summed E-state index contributed by atoms with van der Waals surface area (Å²) in [6, 6.07) is 13.1. The highest BCUT2D eigenvalue weighted by atomic mass is 16.2. The van der Waals surface area contributed by atoms with Gasteiger partial charge in [-0.2, -0.15) is 0 Å². The summed E-state index contributed by atoms with van der Waals surface area (Å²) in [5.74, 6) is 0.0690. The van der Waals surface area contributed by atoms with Crippen molar-refractivity contribution in [1.82, 2.24) is 0 Å². The Bertz CT molecular complexity index is 911.